The Hall–Kier alpha value is -0.540. The SMILES string of the molecule is CCCC(Cc1c(Cl)c(CC)nn1CC)NC. The molecule has 0 bridgehead atoms. The van der Waals surface area contributed by atoms with Gasteiger partial charge in [0.1, 0.15) is 0 Å². The predicted molar refractivity (Wildman–Crippen MR) is 73.7 cm³/mol. The summed E-state index contributed by atoms with van der Waals surface area (Å²) in [6, 6.07) is 0.490. The molecule has 0 fully saturated rings. The van der Waals surface area contributed by atoms with E-state index < -0.39 is 0 Å². The highest BCUT2D eigenvalue weighted by Crippen LogP contribution is 2.23. The minimum absolute atomic E-state index is 0.490. The van der Waals surface area contributed by atoms with Gasteiger partial charge in [-0.25, -0.2) is 0 Å². The van der Waals surface area contributed by atoms with Crippen LogP contribution >= 0.6 is 11.6 Å². The van der Waals surface area contributed by atoms with E-state index in [2.05, 4.69) is 31.2 Å². The van der Waals surface area contributed by atoms with Gasteiger partial charge in [-0.15, -0.1) is 0 Å². The number of aryl methyl sites for hydroxylation is 2. The predicted octanol–water partition coefficient (Wildman–Crippen LogP) is 3.05. The molecule has 98 valence electrons. The van der Waals surface area contributed by atoms with E-state index >= 15 is 0 Å². The largest absolute Gasteiger partial charge is 0.317 e. The Balaban J connectivity index is 2.91. The third-order valence-corrected chi connectivity index (χ3v) is 3.62. The average molecular weight is 258 g/mol. The molecule has 3 nitrogen and oxygen atoms in total. The molecular weight excluding hydrogens is 234 g/mol. The van der Waals surface area contributed by atoms with Crippen molar-refractivity contribution in [2.45, 2.75) is 59.0 Å². The highest BCUT2D eigenvalue weighted by molar-refractivity contribution is 6.31. The van der Waals surface area contributed by atoms with E-state index in [0.29, 0.717) is 6.04 Å². The molecular formula is C13H24ClN3. The monoisotopic (exact) mass is 257 g/mol. The van der Waals surface area contributed by atoms with Crippen LogP contribution in [0.5, 0.6) is 0 Å². The van der Waals surface area contributed by atoms with Crippen LogP contribution in [-0.2, 0) is 19.4 Å². The van der Waals surface area contributed by atoms with Gasteiger partial charge < -0.3 is 5.32 Å². The maximum atomic E-state index is 6.40. The molecule has 1 aromatic rings. The minimum Gasteiger partial charge on any atom is -0.317 e. The van der Waals surface area contributed by atoms with Crippen LogP contribution in [0.3, 0.4) is 0 Å². The first kappa shape index (κ1) is 14.5. The Kier molecular flexibility index (Phi) is 6.00. The summed E-state index contributed by atoms with van der Waals surface area (Å²) in [7, 11) is 2.02. The van der Waals surface area contributed by atoms with E-state index in [4.69, 9.17) is 11.6 Å². The third-order valence-electron chi connectivity index (χ3n) is 3.18. The average Bonchev–Trinajstić information content (AvgIpc) is 2.65. The normalized spacial score (nSPS) is 13.0. The Labute approximate surface area is 110 Å². The number of halogens is 1. The second kappa shape index (κ2) is 7.02. The number of nitrogens with one attached hydrogen (secondary N) is 1. The van der Waals surface area contributed by atoms with Crippen molar-refractivity contribution in [2.75, 3.05) is 7.05 Å². The number of hydrogen-bond donors (Lipinski definition) is 1. The van der Waals surface area contributed by atoms with Gasteiger partial charge in [-0.3, -0.25) is 4.68 Å². The standard InChI is InChI=1S/C13H24ClN3/c1-5-8-10(15-4)9-12-13(14)11(6-2)16-17(12)7-3/h10,15H,5-9H2,1-4H3. The van der Waals surface area contributed by atoms with Crippen LogP contribution in [-0.4, -0.2) is 22.9 Å². The lowest BCUT2D eigenvalue weighted by Crippen LogP contribution is -2.28. The van der Waals surface area contributed by atoms with E-state index in [9.17, 15) is 0 Å². The number of hydrogen-bond acceptors (Lipinski definition) is 2. The van der Waals surface area contributed by atoms with Gasteiger partial charge >= 0.3 is 0 Å². The summed E-state index contributed by atoms with van der Waals surface area (Å²) in [5.74, 6) is 0. The molecule has 1 rings (SSSR count). The van der Waals surface area contributed by atoms with Crippen LogP contribution in [0.4, 0.5) is 0 Å². The zero-order chi connectivity index (χ0) is 12.8. The number of aromatic nitrogens is 2. The van der Waals surface area contributed by atoms with Crippen LogP contribution in [0, 0.1) is 0 Å². The van der Waals surface area contributed by atoms with E-state index in [1.807, 2.05) is 11.7 Å². The molecule has 17 heavy (non-hydrogen) atoms. The number of nitrogens with zero attached hydrogens (tertiary/aromatic N) is 2. The molecule has 0 saturated carbocycles. The Bertz CT molecular complexity index is 347. The maximum absolute atomic E-state index is 6.40. The summed E-state index contributed by atoms with van der Waals surface area (Å²) in [5.41, 5.74) is 2.20. The van der Waals surface area contributed by atoms with Gasteiger partial charge in [0.05, 0.1) is 16.4 Å². The second-order valence-corrected chi connectivity index (χ2v) is 4.73. The highest BCUT2D eigenvalue weighted by Gasteiger charge is 2.17. The molecule has 4 heteroatoms. The molecule has 1 N–H and O–H groups in total. The van der Waals surface area contributed by atoms with Gasteiger partial charge in [-0.1, -0.05) is 31.9 Å². The lowest BCUT2D eigenvalue weighted by molar-refractivity contribution is 0.489. The van der Waals surface area contributed by atoms with Crippen molar-refractivity contribution in [1.29, 1.82) is 0 Å². The fourth-order valence-electron chi connectivity index (χ4n) is 2.14. The Morgan fingerprint density at radius 3 is 2.53 bits per heavy atom. The van der Waals surface area contributed by atoms with Crippen LogP contribution in [0.25, 0.3) is 0 Å². The van der Waals surface area contributed by atoms with Crippen molar-refractivity contribution >= 4 is 11.6 Å². The summed E-state index contributed by atoms with van der Waals surface area (Å²) in [5, 5.41) is 8.78. The first-order chi connectivity index (χ1) is 8.17. The van der Waals surface area contributed by atoms with Crippen molar-refractivity contribution in [3.8, 4) is 0 Å². The van der Waals surface area contributed by atoms with Gasteiger partial charge in [0.2, 0.25) is 0 Å². The van der Waals surface area contributed by atoms with E-state index in [1.165, 1.54) is 18.5 Å². The summed E-state index contributed by atoms with van der Waals surface area (Å²) in [6.45, 7) is 7.30. The van der Waals surface area contributed by atoms with Crippen molar-refractivity contribution in [2.24, 2.45) is 0 Å². The van der Waals surface area contributed by atoms with Crippen molar-refractivity contribution in [3.63, 3.8) is 0 Å². The molecule has 0 aliphatic rings. The second-order valence-electron chi connectivity index (χ2n) is 4.36. The molecule has 0 aliphatic heterocycles. The van der Waals surface area contributed by atoms with Crippen molar-refractivity contribution in [3.05, 3.63) is 16.4 Å². The molecule has 0 amide bonds. The lowest BCUT2D eigenvalue weighted by atomic mass is 10.1. The fourth-order valence-corrected chi connectivity index (χ4v) is 2.49. The molecule has 0 radical (unpaired) electrons. The lowest BCUT2D eigenvalue weighted by Gasteiger charge is -2.16. The minimum atomic E-state index is 0.490. The summed E-state index contributed by atoms with van der Waals surface area (Å²) in [6.07, 6.45) is 4.22. The number of likely N-dealkylation sites (N-methyl/N-ethyl adjacent to an activating group) is 1. The van der Waals surface area contributed by atoms with Crippen LogP contribution in [0.1, 0.15) is 45.0 Å². The van der Waals surface area contributed by atoms with Crippen LogP contribution in [0.15, 0.2) is 0 Å². The van der Waals surface area contributed by atoms with E-state index in [-0.39, 0.29) is 0 Å². The first-order valence-corrected chi connectivity index (χ1v) is 6.96. The van der Waals surface area contributed by atoms with Crippen LogP contribution in [0.2, 0.25) is 5.02 Å². The topological polar surface area (TPSA) is 29.9 Å². The van der Waals surface area contributed by atoms with E-state index in [1.54, 1.807) is 0 Å². The quantitative estimate of drug-likeness (QED) is 0.814. The highest BCUT2D eigenvalue weighted by atomic mass is 35.5. The molecule has 0 spiro atoms. The molecule has 1 aromatic heterocycles. The Morgan fingerprint density at radius 1 is 1.35 bits per heavy atom. The zero-order valence-corrected chi connectivity index (χ0v) is 12.1. The smallest absolute Gasteiger partial charge is 0.0850 e. The summed E-state index contributed by atoms with van der Waals surface area (Å²) in [4.78, 5) is 0. The van der Waals surface area contributed by atoms with Crippen molar-refractivity contribution < 1.29 is 0 Å². The molecule has 1 unspecified atom stereocenters. The van der Waals surface area contributed by atoms with Gasteiger partial charge in [0, 0.05) is 19.0 Å². The van der Waals surface area contributed by atoms with Crippen LogP contribution < -0.4 is 5.32 Å². The van der Waals surface area contributed by atoms with Crippen molar-refractivity contribution in [1.82, 2.24) is 15.1 Å². The summed E-state index contributed by atoms with van der Waals surface area (Å²) < 4.78 is 2.04. The molecule has 1 atom stereocenters. The molecule has 1 heterocycles. The van der Waals surface area contributed by atoms with Gasteiger partial charge in [0.15, 0.2) is 0 Å². The number of rotatable bonds is 7. The third kappa shape index (κ3) is 3.46. The van der Waals surface area contributed by atoms with Gasteiger partial charge in [-0.05, 0) is 26.8 Å². The fraction of sp³-hybridized carbons (Fsp3) is 0.769. The zero-order valence-electron chi connectivity index (χ0n) is 11.4. The molecule has 0 aliphatic carbocycles. The molecule has 0 aromatic carbocycles. The molecule has 0 saturated heterocycles. The summed E-state index contributed by atoms with van der Waals surface area (Å²) >= 11 is 6.40. The van der Waals surface area contributed by atoms with E-state index in [0.717, 1.165) is 30.1 Å². The Morgan fingerprint density at radius 2 is 2.06 bits per heavy atom. The maximum Gasteiger partial charge on any atom is 0.0850 e. The van der Waals surface area contributed by atoms with Gasteiger partial charge in [-0.2, -0.15) is 5.10 Å². The first-order valence-electron chi connectivity index (χ1n) is 6.59. The van der Waals surface area contributed by atoms with Gasteiger partial charge in [0.25, 0.3) is 0 Å².